The van der Waals surface area contributed by atoms with Crippen molar-refractivity contribution in [1.29, 1.82) is 0 Å². The number of carbonyl (C=O) groups is 2. The van der Waals surface area contributed by atoms with Crippen molar-refractivity contribution in [3.63, 3.8) is 0 Å². The van der Waals surface area contributed by atoms with Gasteiger partial charge in [-0.05, 0) is 13.3 Å². The molecule has 1 amide bonds. The molecule has 1 aromatic rings. The molecule has 1 aromatic heterocycles. The van der Waals surface area contributed by atoms with Crippen molar-refractivity contribution in [1.82, 2.24) is 9.66 Å². The third-order valence-electron chi connectivity index (χ3n) is 2.50. The summed E-state index contributed by atoms with van der Waals surface area (Å²) in [5.74, 6) is -0.920. The van der Waals surface area contributed by atoms with Crippen LogP contribution in [0.25, 0.3) is 0 Å². The average Bonchev–Trinajstić information content (AvgIpc) is 2.86. The fourth-order valence-electron chi connectivity index (χ4n) is 1.33. The number of hydrogen-bond donors (Lipinski definition) is 1. The van der Waals surface area contributed by atoms with E-state index in [4.69, 9.17) is 4.74 Å². The molecule has 1 heterocycles. The maximum Gasteiger partial charge on any atom is 0.358 e. The Morgan fingerprint density at radius 1 is 1.53 bits per heavy atom. The summed E-state index contributed by atoms with van der Waals surface area (Å²) in [5, 5.41) is 0. The van der Waals surface area contributed by atoms with Gasteiger partial charge in [-0.2, -0.15) is 0 Å². The molecule has 0 bridgehead atoms. The Kier molecular flexibility index (Phi) is 6.01. The summed E-state index contributed by atoms with van der Waals surface area (Å²) in [6.07, 6.45) is 3.94. The third kappa shape index (κ3) is 4.36. The Labute approximate surface area is 111 Å². The SMILES string of the molecule is CCCCOC(C)C(=O)Nn1cncc1C(=O)OC. The molecular formula is C12H19N3O4. The van der Waals surface area contributed by atoms with E-state index in [0.717, 1.165) is 12.8 Å². The molecule has 0 aliphatic heterocycles. The first kappa shape index (κ1) is 15.2. The standard InChI is InChI=1S/C12H19N3O4/c1-4-5-6-19-9(2)11(16)14-15-8-13-7-10(15)12(17)18-3/h7-9H,4-6H2,1-3H3,(H,14,16). The molecule has 0 radical (unpaired) electrons. The summed E-state index contributed by atoms with van der Waals surface area (Å²) in [5.41, 5.74) is 2.67. The summed E-state index contributed by atoms with van der Waals surface area (Å²) in [6.45, 7) is 4.22. The van der Waals surface area contributed by atoms with Crippen molar-refractivity contribution in [2.75, 3.05) is 19.1 Å². The van der Waals surface area contributed by atoms with Gasteiger partial charge in [0.05, 0.1) is 13.3 Å². The molecule has 1 atom stereocenters. The summed E-state index contributed by atoms with van der Waals surface area (Å²) in [4.78, 5) is 27.0. The van der Waals surface area contributed by atoms with Crippen LogP contribution in [-0.4, -0.2) is 41.4 Å². The molecule has 0 aromatic carbocycles. The van der Waals surface area contributed by atoms with Gasteiger partial charge in [0.2, 0.25) is 0 Å². The van der Waals surface area contributed by atoms with Crippen molar-refractivity contribution in [2.45, 2.75) is 32.8 Å². The second-order valence-electron chi connectivity index (χ2n) is 3.98. The number of nitrogens with zero attached hydrogens (tertiary/aromatic N) is 2. The van der Waals surface area contributed by atoms with Crippen molar-refractivity contribution in [3.05, 3.63) is 18.2 Å². The van der Waals surface area contributed by atoms with E-state index >= 15 is 0 Å². The predicted octanol–water partition coefficient (Wildman–Crippen LogP) is 0.945. The first-order valence-corrected chi connectivity index (χ1v) is 6.13. The van der Waals surface area contributed by atoms with Gasteiger partial charge in [-0.25, -0.2) is 14.5 Å². The van der Waals surface area contributed by atoms with Gasteiger partial charge in [0.25, 0.3) is 5.91 Å². The molecule has 1 unspecified atom stereocenters. The second-order valence-corrected chi connectivity index (χ2v) is 3.98. The molecule has 0 saturated carbocycles. The van der Waals surface area contributed by atoms with Gasteiger partial charge < -0.3 is 9.47 Å². The summed E-state index contributed by atoms with van der Waals surface area (Å²) < 4.78 is 11.1. The highest BCUT2D eigenvalue weighted by Crippen LogP contribution is 2.01. The van der Waals surface area contributed by atoms with Crippen LogP contribution in [-0.2, 0) is 14.3 Å². The third-order valence-corrected chi connectivity index (χ3v) is 2.50. The van der Waals surface area contributed by atoms with E-state index < -0.39 is 12.1 Å². The Morgan fingerprint density at radius 3 is 2.89 bits per heavy atom. The van der Waals surface area contributed by atoms with Gasteiger partial charge >= 0.3 is 5.97 Å². The molecule has 0 fully saturated rings. The zero-order valence-electron chi connectivity index (χ0n) is 11.4. The minimum absolute atomic E-state index is 0.150. The molecule has 19 heavy (non-hydrogen) atoms. The number of ether oxygens (including phenoxy) is 2. The van der Waals surface area contributed by atoms with Crippen molar-refractivity contribution in [2.24, 2.45) is 0 Å². The molecule has 0 aliphatic rings. The van der Waals surface area contributed by atoms with Gasteiger partial charge in [0.15, 0.2) is 5.69 Å². The van der Waals surface area contributed by atoms with Gasteiger partial charge in [0, 0.05) is 6.61 Å². The number of nitrogens with one attached hydrogen (secondary N) is 1. The van der Waals surface area contributed by atoms with Crippen LogP contribution in [0, 0.1) is 0 Å². The van der Waals surface area contributed by atoms with E-state index in [1.54, 1.807) is 6.92 Å². The smallest absolute Gasteiger partial charge is 0.358 e. The first-order valence-electron chi connectivity index (χ1n) is 6.13. The molecule has 0 saturated heterocycles. The molecule has 7 heteroatoms. The lowest BCUT2D eigenvalue weighted by atomic mass is 10.3. The lowest BCUT2D eigenvalue weighted by molar-refractivity contribution is -0.127. The topological polar surface area (TPSA) is 82.5 Å². The molecule has 106 valence electrons. The molecule has 7 nitrogen and oxygen atoms in total. The predicted molar refractivity (Wildman–Crippen MR) is 68.3 cm³/mol. The number of hydrogen-bond acceptors (Lipinski definition) is 5. The van der Waals surface area contributed by atoms with E-state index in [1.165, 1.54) is 24.3 Å². The number of rotatable bonds is 7. The Morgan fingerprint density at radius 2 is 2.26 bits per heavy atom. The maximum atomic E-state index is 11.8. The Balaban J connectivity index is 2.57. The molecule has 0 aliphatic carbocycles. The van der Waals surface area contributed by atoms with Crippen LogP contribution in [0.1, 0.15) is 37.2 Å². The van der Waals surface area contributed by atoms with Gasteiger partial charge in [-0.1, -0.05) is 13.3 Å². The number of carbonyl (C=O) groups excluding carboxylic acids is 2. The number of esters is 1. The van der Waals surface area contributed by atoms with Crippen LogP contribution in [0.3, 0.4) is 0 Å². The normalized spacial score (nSPS) is 11.9. The van der Waals surface area contributed by atoms with Gasteiger partial charge in [-0.3, -0.25) is 10.2 Å². The zero-order valence-corrected chi connectivity index (χ0v) is 11.4. The number of methoxy groups -OCH3 is 1. The van der Waals surface area contributed by atoms with E-state index in [2.05, 4.69) is 15.1 Å². The highest BCUT2D eigenvalue weighted by Gasteiger charge is 2.17. The maximum absolute atomic E-state index is 11.8. The van der Waals surface area contributed by atoms with Crippen molar-refractivity contribution >= 4 is 11.9 Å². The first-order chi connectivity index (χ1) is 9.10. The van der Waals surface area contributed by atoms with Gasteiger partial charge in [0.1, 0.15) is 12.4 Å². The lowest BCUT2D eigenvalue weighted by Gasteiger charge is -2.14. The quantitative estimate of drug-likeness (QED) is 0.588. The molecule has 1 rings (SSSR count). The van der Waals surface area contributed by atoms with Crippen molar-refractivity contribution in [3.8, 4) is 0 Å². The van der Waals surface area contributed by atoms with E-state index in [0.29, 0.717) is 6.61 Å². The lowest BCUT2D eigenvalue weighted by Crippen LogP contribution is -2.34. The van der Waals surface area contributed by atoms with E-state index in [1.807, 2.05) is 6.92 Å². The second kappa shape index (κ2) is 7.52. The van der Waals surface area contributed by atoms with Crippen LogP contribution in [0.15, 0.2) is 12.5 Å². The largest absolute Gasteiger partial charge is 0.464 e. The highest BCUT2D eigenvalue weighted by molar-refractivity contribution is 5.91. The molecule has 0 spiro atoms. The van der Waals surface area contributed by atoms with E-state index in [-0.39, 0.29) is 11.6 Å². The number of aromatic nitrogens is 2. The number of unbranched alkanes of at least 4 members (excludes halogenated alkanes) is 1. The fraction of sp³-hybridized carbons (Fsp3) is 0.583. The molecule has 1 N–H and O–H groups in total. The minimum atomic E-state index is -0.598. The Bertz CT molecular complexity index is 430. The molecular weight excluding hydrogens is 250 g/mol. The summed E-state index contributed by atoms with van der Waals surface area (Å²) >= 11 is 0. The Hall–Kier alpha value is -1.89. The van der Waals surface area contributed by atoms with E-state index in [9.17, 15) is 9.59 Å². The van der Waals surface area contributed by atoms with Crippen LogP contribution in [0.5, 0.6) is 0 Å². The number of amides is 1. The van der Waals surface area contributed by atoms with Gasteiger partial charge in [-0.15, -0.1) is 0 Å². The average molecular weight is 269 g/mol. The summed E-state index contributed by atoms with van der Waals surface area (Å²) in [6, 6.07) is 0. The monoisotopic (exact) mass is 269 g/mol. The van der Waals surface area contributed by atoms with Crippen molar-refractivity contribution < 1.29 is 19.1 Å². The van der Waals surface area contributed by atoms with Crippen LogP contribution in [0.2, 0.25) is 0 Å². The van der Waals surface area contributed by atoms with Crippen LogP contribution < -0.4 is 5.43 Å². The highest BCUT2D eigenvalue weighted by atomic mass is 16.5. The van der Waals surface area contributed by atoms with Crippen LogP contribution in [0.4, 0.5) is 0 Å². The number of imidazole rings is 1. The fourth-order valence-corrected chi connectivity index (χ4v) is 1.33. The minimum Gasteiger partial charge on any atom is -0.464 e. The van der Waals surface area contributed by atoms with Crippen LogP contribution >= 0.6 is 0 Å². The summed E-state index contributed by atoms with van der Waals surface area (Å²) in [7, 11) is 1.26. The zero-order chi connectivity index (χ0) is 14.3.